The number of hydrogen-bond acceptors (Lipinski definition) is 2. The number of rotatable bonds is 1. The van der Waals surface area contributed by atoms with Crippen molar-refractivity contribution in [2.45, 2.75) is 27.7 Å². The largest absolute Gasteiger partial charge is 0.255 e. The smallest absolute Gasteiger partial charge is 0.0848 e. The molecule has 94 valence electrons. The van der Waals surface area contributed by atoms with Crippen LogP contribution in [-0.4, -0.2) is 10.7 Å². The van der Waals surface area contributed by atoms with Crippen LogP contribution in [0.4, 0.5) is 5.69 Å². The molecule has 1 aromatic carbocycles. The predicted molar refractivity (Wildman–Crippen MR) is 78.7 cm³/mol. The van der Waals surface area contributed by atoms with E-state index in [0.717, 1.165) is 23.5 Å². The van der Waals surface area contributed by atoms with Crippen LogP contribution in [0.15, 0.2) is 53.7 Å². The molecule has 18 heavy (non-hydrogen) atoms. The predicted octanol–water partition coefficient (Wildman–Crippen LogP) is 4.42. The van der Waals surface area contributed by atoms with Gasteiger partial charge in [0.2, 0.25) is 0 Å². The van der Waals surface area contributed by atoms with Crippen LogP contribution in [0.5, 0.6) is 0 Å². The third kappa shape index (κ3) is 2.83. The molecule has 2 heterocycles. The number of pyridine rings is 1. The van der Waals surface area contributed by atoms with E-state index in [1.165, 1.54) is 13.0 Å². The Hall–Kier alpha value is -1.96. The van der Waals surface area contributed by atoms with Crippen molar-refractivity contribution in [1.82, 2.24) is 4.98 Å². The van der Waals surface area contributed by atoms with Crippen LogP contribution >= 0.6 is 0 Å². The highest BCUT2D eigenvalue weighted by Gasteiger charge is 2.15. The molecule has 2 heteroatoms. The number of nitrogens with zero attached hydrogens (tertiary/aromatic N) is 2. The molecule has 0 atom stereocenters. The van der Waals surface area contributed by atoms with Gasteiger partial charge in [-0.05, 0) is 23.8 Å². The molecular formula is C16H20N2. The molecule has 0 saturated carbocycles. The van der Waals surface area contributed by atoms with Gasteiger partial charge in [-0.1, -0.05) is 45.5 Å². The summed E-state index contributed by atoms with van der Waals surface area (Å²) < 4.78 is 5.75. The number of fused-ring (bicyclic) bond motifs is 1. The molecule has 0 saturated heterocycles. The van der Waals surface area contributed by atoms with Gasteiger partial charge in [-0.25, -0.2) is 0 Å². The Morgan fingerprint density at radius 2 is 1.78 bits per heavy atom. The molecule has 0 radical (unpaired) electrons. The number of hydrogen-bond donors (Lipinski definition) is 0. The van der Waals surface area contributed by atoms with Crippen molar-refractivity contribution in [2.75, 3.05) is 0 Å². The van der Waals surface area contributed by atoms with Gasteiger partial charge >= 0.3 is 0 Å². The van der Waals surface area contributed by atoms with E-state index in [1.54, 1.807) is 6.20 Å². The molecule has 2 aromatic rings. The minimum absolute atomic E-state index is 0.896. The summed E-state index contributed by atoms with van der Waals surface area (Å²) in [5.74, 6) is 0. The van der Waals surface area contributed by atoms with Crippen LogP contribution in [0.25, 0.3) is 0 Å². The molecule has 0 unspecified atom stereocenters. The Morgan fingerprint density at radius 3 is 2.44 bits per heavy atom. The molecule has 2 nitrogen and oxygen atoms in total. The first-order valence-electron chi connectivity index (χ1n) is 7.00. The van der Waals surface area contributed by atoms with Gasteiger partial charge in [-0.15, -0.1) is 0 Å². The second-order valence-electron chi connectivity index (χ2n) is 3.58. The van der Waals surface area contributed by atoms with Crippen LogP contribution < -0.4 is 0 Å². The summed E-state index contributed by atoms with van der Waals surface area (Å²) in [6.45, 7) is 4.00. The maximum Gasteiger partial charge on any atom is 0.0848 e. The number of aromatic nitrogens is 1. The van der Waals surface area contributed by atoms with Gasteiger partial charge in [-0.2, -0.15) is 0 Å². The highest BCUT2D eigenvalue weighted by molar-refractivity contribution is 6.05. The first-order valence-corrected chi connectivity index (χ1v) is 6.00. The van der Waals surface area contributed by atoms with E-state index in [9.17, 15) is 0 Å². The van der Waals surface area contributed by atoms with Crippen LogP contribution in [0.2, 0.25) is 0 Å². The van der Waals surface area contributed by atoms with Crippen LogP contribution in [0.1, 0.15) is 33.9 Å². The lowest BCUT2D eigenvalue weighted by atomic mass is 10.1. The van der Waals surface area contributed by atoms with Crippen molar-refractivity contribution in [3.8, 4) is 0 Å². The Morgan fingerprint density at radius 1 is 1.06 bits per heavy atom. The van der Waals surface area contributed by atoms with Crippen molar-refractivity contribution in [3.05, 3.63) is 59.9 Å². The fraction of sp³-hybridized carbons (Fsp3) is 0.250. The Balaban J connectivity index is 0.000000415. The Bertz CT molecular complexity index is 521. The van der Waals surface area contributed by atoms with E-state index in [2.05, 4.69) is 22.1 Å². The second-order valence-corrected chi connectivity index (χ2v) is 3.58. The lowest BCUT2D eigenvalue weighted by Crippen LogP contribution is -2.02. The maximum absolute atomic E-state index is 5.75. The molecule has 0 fully saturated rings. The molecule has 1 aliphatic heterocycles. The third-order valence-electron chi connectivity index (χ3n) is 2.57. The van der Waals surface area contributed by atoms with Crippen molar-refractivity contribution >= 4 is 11.4 Å². The molecule has 0 aliphatic carbocycles. The van der Waals surface area contributed by atoms with E-state index >= 15 is 0 Å². The summed E-state index contributed by atoms with van der Waals surface area (Å²) in [7, 11) is 1.25. The monoisotopic (exact) mass is 241 g/mol. The molecule has 0 bridgehead atoms. The number of para-hydroxylation sites is 1. The SMILES string of the molecule is CC.[2H]C.c1ccc(C2=Nc3ccccc3C2)nc1. The average Bonchev–Trinajstić information content (AvgIpc) is 2.96. The van der Waals surface area contributed by atoms with Gasteiger partial charge in [0.05, 0.1) is 17.1 Å². The average molecular weight is 241 g/mol. The highest BCUT2D eigenvalue weighted by atomic mass is 14.8. The Kier molecular flexibility index (Phi) is 4.65. The van der Waals surface area contributed by atoms with E-state index in [4.69, 9.17) is 1.37 Å². The zero-order valence-corrected chi connectivity index (χ0v) is 11.2. The molecular weight excluding hydrogens is 220 g/mol. The zero-order chi connectivity index (χ0) is 14.1. The van der Waals surface area contributed by atoms with Crippen LogP contribution in [0, 0.1) is 0 Å². The summed E-state index contributed by atoms with van der Waals surface area (Å²) in [6, 6.07) is 14.2. The van der Waals surface area contributed by atoms with Gasteiger partial charge in [0.1, 0.15) is 0 Å². The number of benzene rings is 1. The number of aliphatic imine (C=N–C) groups is 1. The molecule has 3 rings (SSSR count). The minimum Gasteiger partial charge on any atom is -0.255 e. The fourth-order valence-electron chi connectivity index (χ4n) is 1.82. The normalized spacial score (nSPS) is 11.9. The lowest BCUT2D eigenvalue weighted by molar-refractivity contribution is 1.26. The van der Waals surface area contributed by atoms with Gasteiger partial charge in [0, 0.05) is 14.0 Å². The standard InChI is InChI=1S/C13H10N2.C2H6.CH4/c1-2-6-11-10(5-1)9-13(15-11)12-7-3-4-8-14-12;1-2;/h1-8H,9H2;1-2H3;1H4/i;;1D. The second kappa shape index (κ2) is 6.70. The molecule has 1 aromatic heterocycles. The first-order chi connectivity index (χ1) is 9.43. The summed E-state index contributed by atoms with van der Waals surface area (Å²) in [5.41, 5.74) is 4.42. The van der Waals surface area contributed by atoms with E-state index in [0.29, 0.717) is 0 Å². The fourth-order valence-corrected chi connectivity index (χ4v) is 1.82. The lowest BCUT2D eigenvalue weighted by Gasteiger charge is -1.97. The quantitative estimate of drug-likeness (QED) is 0.725. The zero-order valence-electron chi connectivity index (χ0n) is 12.2. The van der Waals surface area contributed by atoms with Crippen molar-refractivity contribution in [3.63, 3.8) is 0 Å². The Labute approximate surface area is 111 Å². The van der Waals surface area contributed by atoms with Crippen LogP contribution in [-0.2, 0) is 6.42 Å². The van der Waals surface area contributed by atoms with Crippen molar-refractivity contribution in [2.24, 2.45) is 4.99 Å². The van der Waals surface area contributed by atoms with Gasteiger partial charge < -0.3 is 0 Å². The van der Waals surface area contributed by atoms with E-state index in [-0.39, 0.29) is 0 Å². The molecule has 0 spiro atoms. The first kappa shape index (κ1) is 12.5. The van der Waals surface area contributed by atoms with E-state index < -0.39 is 0 Å². The summed E-state index contributed by atoms with van der Waals surface area (Å²) >= 11 is 0. The van der Waals surface area contributed by atoms with Gasteiger partial charge in [0.25, 0.3) is 0 Å². The minimum atomic E-state index is 0.896. The summed E-state index contributed by atoms with van der Waals surface area (Å²) in [5, 5.41) is 0. The van der Waals surface area contributed by atoms with Crippen molar-refractivity contribution in [1.29, 1.82) is 0 Å². The van der Waals surface area contributed by atoms with Crippen LogP contribution in [0.3, 0.4) is 0 Å². The topological polar surface area (TPSA) is 25.2 Å². The van der Waals surface area contributed by atoms with Gasteiger partial charge in [0.15, 0.2) is 0 Å². The molecule has 0 amide bonds. The third-order valence-corrected chi connectivity index (χ3v) is 2.57. The van der Waals surface area contributed by atoms with Crippen molar-refractivity contribution < 1.29 is 1.37 Å². The van der Waals surface area contributed by atoms with E-state index in [1.807, 2.05) is 44.2 Å². The molecule has 0 N–H and O–H groups in total. The molecule has 1 aliphatic rings. The summed E-state index contributed by atoms with van der Waals surface area (Å²) in [6.07, 6.45) is 2.70. The maximum atomic E-state index is 5.75. The van der Waals surface area contributed by atoms with Gasteiger partial charge in [-0.3, -0.25) is 9.98 Å². The highest BCUT2D eigenvalue weighted by Crippen LogP contribution is 2.27. The summed E-state index contributed by atoms with van der Waals surface area (Å²) in [4.78, 5) is 8.89.